The van der Waals surface area contributed by atoms with E-state index in [0.717, 1.165) is 6.07 Å². The minimum Gasteiger partial charge on any atom is -0.425 e. The Morgan fingerprint density at radius 2 is 1.94 bits per heavy atom. The molecule has 0 radical (unpaired) electrons. The Morgan fingerprint density at radius 1 is 1.22 bits per heavy atom. The van der Waals surface area contributed by atoms with Crippen LogP contribution < -0.4 is 10.2 Å². The summed E-state index contributed by atoms with van der Waals surface area (Å²) in [6.45, 7) is 0. The fraction of sp³-hybridized carbons (Fsp3) is 0.182. The molecule has 1 unspecified atom stereocenters. The van der Waals surface area contributed by atoms with Gasteiger partial charge >= 0.3 is 12.8 Å². The zero-order valence-corrected chi connectivity index (χ0v) is 10.3. The molecular formula is C11H6BrF3O3. The first-order valence-electron chi connectivity index (χ1n) is 4.79. The lowest BCUT2D eigenvalue weighted by atomic mass is 10.2. The third-order valence-electron chi connectivity index (χ3n) is 2.09. The molecule has 0 saturated carbocycles. The number of halogens is 4. The van der Waals surface area contributed by atoms with Gasteiger partial charge in [-0.25, -0.2) is 8.78 Å². The molecule has 96 valence electrons. The van der Waals surface area contributed by atoms with Crippen molar-refractivity contribution in [3.8, 4) is 5.95 Å². The summed E-state index contributed by atoms with van der Waals surface area (Å²) in [5.74, 6) is -0.581. The van der Waals surface area contributed by atoms with E-state index in [1.807, 2.05) is 0 Å². The molecule has 0 saturated heterocycles. The molecule has 2 aromatic rings. The van der Waals surface area contributed by atoms with Crippen LogP contribution in [-0.4, -0.2) is 12.8 Å². The van der Waals surface area contributed by atoms with Gasteiger partial charge in [-0.1, -0.05) is 15.9 Å². The molecule has 0 fully saturated rings. The van der Waals surface area contributed by atoms with E-state index in [9.17, 15) is 18.0 Å². The molecule has 1 heterocycles. The minimum absolute atomic E-state index is 0.127. The van der Waals surface area contributed by atoms with Crippen molar-refractivity contribution in [1.29, 1.82) is 0 Å². The molecule has 1 atom stereocenters. The van der Waals surface area contributed by atoms with Crippen LogP contribution in [0.5, 0.6) is 5.95 Å². The second-order valence-corrected chi connectivity index (χ2v) is 4.29. The van der Waals surface area contributed by atoms with Gasteiger partial charge < -0.3 is 9.15 Å². The van der Waals surface area contributed by atoms with E-state index in [4.69, 9.17) is 4.42 Å². The number of benzene rings is 1. The molecule has 0 bridgehead atoms. The zero-order valence-electron chi connectivity index (χ0n) is 8.70. The average Bonchev–Trinajstić information content (AvgIpc) is 2.30. The maximum absolute atomic E-state index is 12.7. The highest BCUT2D eigenvalue weighted by atomic mass is 79.9. The summed E-state index contributed by atoms with van der Waals surface area (Å²) >= 11 is 3.17. The van der Waals surface area contributed by atoms with Crippen LogP contribution in [0.3, 0.4) is 0 Å². The SMILES string of the molecule is O=c1cc(OC(F)C(F)F)oc2ccc(Br)cc12. The first-order valence-corrected chi connectivity index (χ1v) is 5.59. The van der Waals surface area contributed by atoms with E-state index in [1.54, 1.807) is 6.07 Å². The number of fused-ring (bicyclic) bond motifs is 1. The van der Waals surface area contributed by atoms with Crippen molar-refractivity contribution in [2.45, 2.75) is 12.8 Å². The van der Waals surface area contributed by atoms with Crippen molar-refractivity contribution >= 4 is 26.9 Å². The van der Waals surface area contributed by atoms with Gasteiger partial charge in [0.1, 0.15) is 5.58 Å². The topological polar surface area (TPSA) is 39.4 Å². The predicted octanol–water partition coefficient (Wildman–Crippen LogP) is 3.50. The van der Waals surface area contributed by atoms with Crippen LogP contribution in [0.2, 0.25) is 0 Å². The lowest BCUT2D eigenvalue weighted by Gasteiger charge is -2.09. The summed E-state index contributed by atoms with van der Waals surface area (Å²) in [5.41, 5.74) is -0.379. The molecule has 7 heteroatoms. The van der Waals surface area contributed by atoms with Crippen molar-refractivity contribution in [3.05, 3.63) is 39.0 Å². The van der Waals surface area contributed by atoms with Gasteiger partial charge in [0.05, 0.1) is 11.5 Å². The number of rotatable bonds is 3. The van der Waals surface area contributed by atoms with E-state index in [-0.39, 0.29) is 11.0 Å². The van der Waals surface area contributed by atoms with Gasteiger partial charge in [-0.2, -0.15) is 4.39 Å². The summed E-state index contributed by atoms with van der Waals surface area (Å²) in [7, 11) is 0. The summed E-state index contributed by atoms with van der Waals surface area (Å²) < 4.78 is 46.4. The van der Waals surface area contributed by atoms with Crippen LogP contribution >= 0.6 is 15.9 Å². The fourth-order valence-electron chi connectivity index (χ4n) is 1.33. The second kappa shape index (κ2) is 5.01. The maximum Gasteiger partial charge on any atom is 0.304 e. The molecule has 0 aliphatic carbocycles. The highest BCUT2D eigenvalue weighted by molar-refractivity contribution is 9.10. The molecule has 0 aliphatic heterocycles. The Labute approximate surface area is 107 Å². The predicted molar refractivity (Wildman–Crippen MR) is 61.7 cm³/mol. The van der Waals surface area contributed by atoms with Gasteiger partial charge in [-0.15, -0.1) is 0 Å². The Kier molecular flexibility index (Phi) is 3.60. The lowest BCUT2D eigenvalue weighted by molar-refractivity contribution is -0.0767. The number of hydrogen-bond acceptors (Lipinski definition) is 3. The Balaban J connectivity index is 2.43. The molecular weight excluding hydrogens is 317 g/mol. The molecule has 2 rings (SSSR count). The lowest BCUT2D eigenvalue weighted by Crippen LogP contribution is -2.20. The van der Waals surface area contributed by atoms with Crippen LogP contribution in [0.4, 0.5) is 13.2 Å². The molecule has 1 aromatic carbocycles. The standard InChI is InChI=1S/C11H6BrF3O3/c12-5-1-2-8-6(3-5)7(16)4-9(17-8)18-11(15)10(13)14/h1-4,10-11H. The molecule has 0 spiro atoms. The minimum atomic E-state index is -3.31. The average molecular weight is 323 g/mol. The van der Waals surface area contributed by atoms with Crippen LogP contribution in [0, 0.1) is 0 Å². The summed E-state index contributed by atoms with van der Waals surface area (Å²) in [6.07, 6.45) is -6.14. The van der Waals surface area contributed by atoms with E-state index < -0.39 is 24.2 Å². The summed E-state index contributed by atoms with van der Waals surface area (Å²) in [6, 6.07) is 5.37. The second-order valence-electron chi connectivity index (χ2n) is 3.37. The molecule has 18 heavy (non-hydrogen) atoms. The van der Waals surface area contributed by atoms with Gasteiger partial charge in [0.25, 0.3) is 5.95 Å². The highest BCUT2D eigenvalue weighted by Gasteiger charge is 2.22. The molecule has 0 aliphatic rings. The smallest absolute Gasteiger partial charge is 0.304 e. The van der Waals surface area contributed by atoms with Gasteiger partial charge in [0.15, 0.2) is 5.43 Å². The number of hydrogen-bond donors (Lipinski definition) is 0. The highest BCUT2D eigenvalue weighted by Crippen LogP contribution is 2.22. The van der Waals surface area contributed by atoms with E-state index in [1.165, 1.54) is 12.1 Å². The van der Waals surface area contributed by atoms with Crippen molar-refractivity contribution in [3.63, 3.8) is 0 Å². The monoisotopic (exact) mass is 322 g/mol. The van der Waals surface area contributed by atoms with E-state index in [0.29, 0.717) is 4.47 Å². The van der Waals surface area contributed by atoms with Crippen molar-refractivity contribution in [2.24, 2.45) is 0 Å². The maximum atomic E-state index is 12.7. The van der Waals surface area contributed by atoms with Gasteiger partial charge in [0.2, 0.25) is 0 Å². The van der Waals surface area contributed by atoms with Crippen molar-refractivity contribution < 1.29 is 22.3 Å². The third-order valence-corrected chi connectivity index (χ3v) is 2.59. The van der Waals surface area contributed by atoms with Crippen LogP contribution in [0.15, 0.2) is 37.9 Å². The van der Waals surface area contributed by atoms with Gasteiger partial charge in [0, 0.05) is 4.47 Å². The molecule has 1 aromatic heterocycles. The van der Waals surface area contributed by atoms with Gasteiger partial charge in [-0.05, 0) is 18.2 Å². The Morgan fingerprint density at radius 3 is 2.61 bits per heavy atom. The van der Waals surface area contributed by atoms with Crippen molar-refractivity contribution in [2.75, 3.05) is 0 Å². The van der Waals surface area contributed by atoms with Crippen LogP contribution in [0.1, 0.15) is 0 Å². The molecule has 3 nitrogen and oxygen atoms in total. The fourth-order valence-corrected chi connectivity index (χ4v) is 1.69. The quantitative estimate of drug-likeness (QED) is 0.868. The molecule has 0 N–H and O–H groups in total. The molecule has 0 amide bonds. The third kappa shape index (κ3) is 2.66. The number of ether oxygens (including phenoxy) is 1. The van der Waals surface area contributed by atoms with E-state index >= 15 is 0 Å². The first kappa shape index (κ1) is 12.9. The van der Waals surface area contributed by atoms with Crippen molar-refractivity contribution in [1.82, 2.24) is 0 Å². The Bertz CT molecular complexity index is 626. The van der Waals surface area contributed by atoms with E-state index in [2.05, 4.69) is 20.7 Å². The number of alkyl halides is 3. The van der Waals surface area contributed by atoms with Crippen LogP contribution in [0.25, 0.3) is 11.0 Å². The van der Waals surface area contributed by atoms with Gasteiger partial charge in [-0.3, -0.25) is 4.79 Å². The zero-order chi connectivity index (χ0) is 13.3. The normalized spacial score (nSPS) is 12.9. The van der Waals surface area contributed by atoms with Crippen LogP contribution in [-0.2, 0) is 0 Å². The first-order chi connectivity index (χ1) is 8.47. The summed E-state index contributed by atoms with van der Waals surface area (Å²) in [5, 5.41) is 0.240. The summed E-state index contributed by atoms with van der Waals surface area (Å²) in [4.78, 5) is 11.6. The Hall–Kier alpha value is -1.50. The largest absolute Gasteiger partial charge is 0.425 e.